The van der Waals surface area contributed by atoms with Crippen LogP contribution in [0.3, 0.4) is 0 Å². The van der Waals surface area contributed by atoms with E-state index in [1.165, 1.54) is 6.07 Å². The molecule has 2 rings (SSSR count). The minimum atomic E-state index is -0.410. The Morgan fingerprint density at radius 1 is 1.20 bits per heavy atom. The van der Waals surface area contributed by atoms with Crippen LogP contribution in [0.4, 0.5) is 4.39 Å². The molecule has 0 atom stereocenters. The average molecular weight is 354 g/mol. The molecule has 0 aliphatic rings. The number of rotatable bonds is 5. The smallest absolute Gasteiger partial charge is 0.133 e. The summed E-state index contributed by atoms with van der Waals surface area (Å²) in [6, 6.07) is 12.5. The first kappa shape index (κ1) is 15.1. The van der Waals surface area contributed by atoms with Crippen molar-refractivity contribution in [2.45, 2.75) is 13.2 Å². The molecule has 104 valence electrons. The molecule has 0 fully saturated rings. The highest BCUT2D eigenvalue weighted by atomic mass is 79.9. The number of hydrogen-bond donors (Lipinski definition) is 1. The van der Waals surface area contributed by atoms with Gasteiger partial charge in [0.25, 0.3) is 0 Å². The van der Waals surface area contributed by atoms with Crippen LogP contribution in [0.25, 0.3) is 0 Å². The summed E-state index contributed by atoms with van der Waals surface area (Å²) < 4.78 is 20.1. The Bertz CT molecular complexity index is 633. The van der Waals surface area contributed by atoms with Gasteiger partial charge in [-0.25, -0.2) is 4.39 Å². The van der Waals surface area contributed by atoms with Gasteiger partial charge in [-0.3, -0.25) is 0 Å². The predicted octanol–water partition coefficient (Wildman–Crippen LogP) is 3.94. The summed E-state index contributed by atoms with van der Waals surface area (Å²) in [5.41, 5.74) is 7.61. The topological polar surface area (TPSA) is 35.2 Å². The second-order valence-electron chi connectivity index (χ2n) is 4.26. The molecule has 0 aromatic heterocycles. The lowest BCUT2D eigenvalue weighted by Gasteiger charge is -2.08. The third-order valence-electron chi connectivity index (χ3n) is 2.78. The summed E-state index contributed by atoms with van der Waals surface area (Å²) in [6.45, 7) is 0.846. The molecular formula is C15H13BrFNOS. The molecule has 0 saturated carbocycles. The van der Waals surface area contributed by atoms with Crippen LogP contribution in [0, 0.1) is 5.82 Å². The van der Waals surface area contributed by atoms with Gasteiger partial charge in [0, 0.05) is 10.0 Å². The number of benzene rings is 2. The van der Waals surface area contributed by atoms with E-state index in [2.05, 4.69) is 15.9 Å². The fraction of sp³-hybridized carbons (Fsp3) is 0.133. The van der Waals surface area contributed by atoms with E-state index < -0.39 is 5.82 Å². The van der Waals surface area contributed by atoms with E-state index in [9.17, 15) is 4.39 Å². The van der Waals surface area contributed by atoms with Gasteiger partial charge in [0.05, 0.1) is 13.2 Å². The third kappa shape index (κ3) is 3.85. The van der Waals surface area contributed by atoms with E-state index in [1.54, 1.807) is 12.1 Å². The zero-order valence-electron chi connectivity index (χ0n) is 10.6. The molecule has 0 saturated heterocycles. The SMILES string of the molecule is NC(=S)c1cc(COCc2ccccc2Br)ccc1F. The normalized spacial score (nSPS) is 10.5. The molecule has 2 aromatic rings. The molecule has 0 radical (unpaired) electrons. The molecule has 20 heavy (non-hydrogen) atoms. The summed E-state index contributed by atoms with van der Waals surface area (Å²) in [4.78, 5) is 0.0511. The Kier molecular flexibility index (Phi) is 5.23. The van der Waals surface area contributed by atoms with Crippen LogP contribution in [-0.4, -0.2) is 4.99 Å². The summed E-state index contributed by atoms with van der Waals surface area (Å²) in [5.74, 6) is -0.410. The van der Waals surface area contributed by atoms with Gasteiger partial charge in [-0.15, -0.1) is 0 Å². The predicted molar refractivity (Wildman–Crippen MR) is 84.9 cm³/mol. The van der Waals surface area contributed by atoms with E-state index in [0.29, 0.717) is 13.2 Å². The van der Waals surface area contributed by atoms with Crippen LogP contribution in [-0.2, 0) is 18.0 Å². The standard InChI is InChI=1S/C15H13BrFNOS/c16-13-4-2-1-3-11(13)9-19-8-10-5-6-14(17)12(7-10)15(18)20/h1-7H,8-9H2,(H2,18,20). The minimum absolute atomic E-state index is 0.0511. The Hall–Kier alpha value is -1.30. The average Bonchev–Trinajstić information content (AvgIpc) is 2.42. The number of nitrogens with two attached hydrogens (primary N) is 1. The molecule has 2 aromatic carbocycles. The Balaban J connectivity index is 2.00. The van der Waals surface area contributed by atoms with Crippen LogP contribution in [0.2, 0.25) is 0 Å². The maximum absolute atomic E-state index is 13.4. The zero-order chi connectivity index (χ0) is 14.5. The number of thiocarbonyl (C=S) groups is 1. The summed E-state index contributed by atoms with van der Waals surface area (Å²) in [5, 5.41) is 0. The lowest BCUT2D eigenvalue weighted by atomic mass is 10.1. The molecule has 0 heterocycles. The monoisotopic (exact) mass is 353 g/mol. The second-order valence-corrected chi connectivity index (χ2v) is 5.56. The molecule has 0 spiro atoms. The van der Waals surface area contributed by atoms with Crippen LogP contribution < -0.4 is 5.73 Å². The molecule has 0 unspecified atom stereocenters. The first-order valence-electron chi connectivity index (χ1n) is 5.97. The van der Waals surface area contributed by atoms with Crippen molar-refractivity contribution in [3.8, 4) is 0 Å². The van der Waals surface area contributed by atoms with Crippen LogP contribution in [0.15, 0.2) is 46.9 Å². The van der Waals surface area contributed by atoms with Gasteiger partial charge in [-0.1, -0.05) is 52.4 Å². The third-order valence-corrected chi connectivity index (χ3v) is 3.77. The highest BCUT2D eigenvalue weighted by Gasteiger charge is 2.06. The van der Waals surface area contributed by atoms with Crippen molar-refractivity contribution in [2.75, 3.05) is 0 Å². The minimum Gasteiger partial charge on any atom is -0.389 e. The van der Waals surface area contributed by atoms with Crippen molar-refractivity contribution >= 4 is 33.1 Å². The van der Waals surface area contributed by atoms with Crippen molar-refractivity contribution in [1.29, 1.82) is 0 Å². The Morgan fingerprint density at radius 2 is 1.95 bits per heavy atom. The second kappa shape index (κ2) is 6.92. The van der Waals surface area contributed by atoms with Gasteiger partial charge in [-0.2, -0.15) is 0 Å². The van der Waals surface area contributed by atoms with E-state index in [1.807, 2.05) is 24.3 Å². The fourth-order valence-electron chi connectivity index (χ4n) is 1.75. The van der Waals surface area contributed by atoms with E-state index in [4.69, 9.17) is 22.7 Å². The van der Waals surface area contributed by atoms with Crippen molar-refractivity contribution < 1.29 is 9.13 Å². The van der Waals surface area contributed by atoms with Gasteiger partial charge in [-0.05, 0) is 29.3 Å². The summed E-state index contributed by atoms with van der Waals surface area (Å²) >= 11 is 8.27. The Morgan fingerprint density at radius 3 is 2.65 bits per heavy atom. The molecule has 0 aliphatic heterocycles. The van der Waals surface area contributed by atoms with Gasteiger partial charge < -0.3 is 10.5 Å². The van der Waals surface area contributed by atoms with E-state index in [0.717, 1.165) is 15.6 Å². The van der Waals surface area contributed by atoms with Crippen molar-refractivity contribution in [3.63, 3.8) is 0 Å². The lowest BCUT2D eigenvalue weighted by Crippen LogP contribution is -2.12. The highest BCUT2D eigenvalue weighted by Crippen LogP contribution is 2.18. The number of hydrogen-bond acceptors (Lipinski definition) is 2. The van der Waals surface area contributed by atoms with Gasteiger partial charge in [0.1, 0.15) is 10.8 Å². The fourth-order valence-corrected chi connectivity index (χ4v) is 2.30. The number of ether oxygens (including phenoxy) is 1. The van der Waals surface area contributed by atoms with E-state index in [-0.39, 0.29) is 10.6 Å². The Labute approximate surface area is 130 Å². The first-order valence-corrected chi connectivity index (χ1v) is 7.17. The zero-order valence-corrected chi connectivity index (χ0v) is 13.0. The lowest BCUT2D eigenvalue weighted by molar-refractivity contribution is 0.106. The molecular weight excluding hydrogens is 341 g/mol. The van der Waals surface area contributed by atoms with Gasteiger partial charge in [0.15, 0.2) is 0 Å². The largest absolute Gasteiger partial charge is 0.389 e. The van der Waals surface area contributed by atoms with Gasteiger partial charge in [0.2, 0.25) is 0 Å². The summed E-state index contributed by atoms with van der Waals surface area (Å²) in [7, 11) is 0. The van der Waals surface area contributed by atoms with Crippen molar-refractivity contribution in [3.05, 3.63) is 69.4 Å². The molecule has 0 bridgehead atoms. The maximum atomic E-state index is 13.4. The first-order chi connectivity index (χ1) is 9.58. The van der Waals surface area contributed by atoms with Crippen LogP contribution in [0.5, 0.6) is 0 Å². The number of halogens is 2. The molecule has 5 heteroatoms. The summed E-state index contributed by atoms with van der Waals surface area (Å²) in [6.07, 6.45) is 0. The maximum Gasteiger partial charge on any atom is 0.133 e. The van der Waals surface area contributed by atoms with Crippen LogP contribution >= 0.6 is 28.1 Å². The van der Waals surface area contributed by atoms with Crippen molar-refractivity contribution in [2.24, 2.45) is 5.73 Å². The van der Waals surface area contributed by atoms with Gasteiger partial charge >= 0.3 is 0 Å². The molecule has 0 amide bonds. The molecule has 0 aliphatic carbocycles. The van der Waals surface area contributed by atoms with Crippen molar-refractivity contribution in [1.82, 2.24) is 0 Å². The molecule has 2 nitrogen and oxygen atoms in total. The highest BCUT2D eigenvalue weighted by molar-refractivity contribution is 9.10. The quantitative estimate of drug-likeness (QED) is 0.826. The van der Waals surface area contributed by atoms with Crippen LogP contribution in [0.1, 0.15) is 16.7 Å². The molecule has 2 N–H and O–H groups in total. The van der Waals surface area contributed by atoms with E-state index >= 15 is 0 Å².